The second-order valence-electron chi connectivity index (χ2n) is 14.6. The molecule has 0 rings (SSSR count). The molecule has 0 spiro atoms. The highest BCUT2D eigenvalue weighted by Gasteiger charge is 2.26. The van der Waals surface area contributed by atoms with E-state index in [1.807, 2.05) is 21.1 Å². The second kappa shape index (κ2) is 36.2. The monoisotopic (exact) mass is 753 g/mol. The van der Waals surface area contributed by atoms with Crippen LogP contribution in [-0.4, -0.2) is 75.6 Å². The summed E-state index contributed by atoms with van der Waals surface area (Å²) in [6.45, 7) is 5.40. The first kappa shape index (κ1) is 50.2. The molecule has 0 aliphatic heterocycles. The summed E-state index contributed by atoms with van der Waals surface area (Å²) in [7, 11) is 1.63. The van der Waals surface area contributed by atoms with Gasteiger partial charge < -0.3 is 18.9 Å². The van der Waals surface area contributed by atoms with Gasteiger partial charge in [-0.2, -0.15) is 0 Å². The van der Waals surface area contributed by atoms with Crippen molar-refractivity contribution in [2.24, 2.45) is 0 Å². The quantitative estimate of drug-likeness (QED) is 0.0222. The predicted octanol–water partition coefficient (Wildman–Crippen LogP) is 11.8. The van der Waals surface area contributed by atoms with Gasteiger partial charge in [0.15, 0.2) is 0 Å². The summed E-state index contributed by atoms with van der Waals surface area (Å²) in [5.41, 5.74) is 0. The van der Waals surface area contributed by atoms with Gasteiger partial charge >= 0.3 is 13.8 Å². The van der Waals surface area contributed by atoms with E-state index in [0.717, 1.165) is 77.0 Å². The third-order valence-corrected chi connectivity index (χ3v) is 9.30. The number of phosphoric acid groups is 1. The topological polar surface area (TPSA) is 91.3 Å². The van der Waals surface area contributed by atoms with Gasteiger partial charge in [0.1, 0.15) is 19.3 Å². The number of unbranched alkanes of at least 4 members (excludes halogenated alkanes) is 13. The third-order valence-electron chi connectivity index (χ3n) is 8.31. The van der Waals surface area contributed by atoms with Crippen molar-refractivity contribution in [3.8, 4) is 0 Å². The van der Waals surface area contributed by atoms with Crippen molar-refractivity contribution in [2.75, 3.05) is 54.1 Å². The van der Waals surface area contributed by atoms with E-state index in [1.54, 1.807) is 0 Å². The van der Waals surface area contributed by atoms with Crippen molar-refractivity contribution >= 4 is 13.8 Å². The minimum absolute atomic E-state index is 0.0777. The van der Waals surface area contributed by atoms with Crippen molar-refractivity contribution in [3.63, 3.8) is 0 Å². The smallest absolute Gasteiger partial charge is 0.457 e. The first-order valence-electron chi connectivity index (χ1n) is 20.5. The van der Waals surface area contributed by atoms with Crippen LogP contribution in [0.15, 0.2) is 60.8 Å². The summed E-state index contributed by atoms with van der Waals surface area (Å²) in [6, 6.07) is 0. The van der Waals surface area contributed by atoms with Crippen molar-refractivity contribution in [1.29, 1.82) is 0 Å². The van der Waals surface area contributed by atoms with Crippen LogP contribution in [0.4, 0.5) is 0 Å². The van der Waals surface area contributed by atoms with Gasteiger partial charge in [0.05, 0.1) is 34.4 Å². The molecule has 0 amide bonds. The highest BCUT2D eigenvalue weighted by atomic mass is 31.2. The molecule has 0 aromatic carbocycles. The average molecular weight is 753 g/mol. The maximum Gasteiger partial charge on any atom is 0.472 e. The Labute approximate surface area is 320 Å². The Balaban J connectivity index is 4.33. The van der Waals surface area contributed by atoms with Crippen LogP contribution in [0, 0.1) is 0 Å². The molecule has 52 heavy (non-hydrogen) atoms. The van der Waals surface area contributed by atoms with E-state index in [4.69, 9.17) is 18.5 Å². The number of ether oxygens (including phenoxy) is 2. The molecule has 0 saturated carbocycles. The standard InChI is InChI=1S/C43H78NO7P/c1-6-8-10-12-14-16-18-20-21-22-23-25-27-29-31-33-35-38-48-40-42(41-50-52(46,47)49-39-37-44(3,4)5)51-43(45)36-34-32-30-28-26-24-19-17-15-13-11-9-7-2/h9,11,15-18,21-22,24,26,42H,6-8,10,12-14,19-20,23,25,27-41H2,1-5H3/p+1/b11-9-,17-15-,18-16-,22-21-,26-24-. The number of phosphoric ester groups is 1. The number of carbonyl (C=O) groups excluding carboxylic acids is 1. The number of hydrogen-bond acceptors (Lipinski definition) is 6. The second-order valence-corrected chi connectivity index (χ2v) is 16.1. The van der Waals surface area contributed by atoms with E-state index in [1.165, 1.54) is 51.4 Å². The Bertz CT molecular complexity index is 1020. The molecule has 0 bridgehead atoms. The molecule has 0 aromatic heterocycles. The number of nitrogens with zero attached hydrogens (tertiary/aromatic N) is 1. The molecule has 9 heteroatoms. The lowest BCUT2D eigenvalue weighted by molar-refractivity contribution is -0.870. The minimum atomic E-state index is -4.28. The van der Waals surface area contributed by atoms with E-state index in [0.29, 0.717) is 17.6 Å². The van der Waals surface area contributed by atoms with Crippen LogP contribution in [-0.2, 0) is 27.9 Å². The summed E-state index contributed by atoms with van der Waals surface area (Å²) in [5.74, 6) is -0.349. The summed E-state index contributed by atoms with van der Waals surface area (Å²) >= 11 is 0. The van der Waals surface area contributed by atoms with Crippen molar-refractivity contribution < 1.29 is 37.3 Å². The van der Waals surface area contributed by atoms with Crippen LogP contribution in [0.1, 0.15) is 149 Å². The molecule has 8 nitrogen and oxygen atoms in total. The number of carbonyl (C=O) groups is 1. The highest BCUT2D eigenvalue weighted by molar-refractivity contribution is 7.47. The first-order chi connectivity index (χ1) is 25.1. The highest BCUT2D eigenvalue weighted by Crippen LogP contribution is 2.43. The predicted molar refractivity (Wildman–Crippen MR) is 219 cm³/mol. The molecule has 0 fully saturated rings. The van der Waals surface area contributed by atoms with E-state index < -0.39 is 13.9 Å². The maximum absolute atomic E-state index is 12.6. The largest absolute Gasteiger partial charge is 0.472 e. The normalized spacial score (nSPS) is 14.5. The summed E-state index contributed by atoms with van der Waals surface area (Å²) in [5, 5.41) is 0. The fraction of sp³-hybridized carbons (Fsp3) is 0.744. The van der Waals surface area contributed by atoms with Gasteiger partial charge in [0.25, 0.3) is 0 Å². The minimum Gasteiger partial charge on any atom is -0.457 e. The molecule has 0 heterocycles. The number of quaternary nitrogens is 1. The van der Waals surface area contributed by atoms with Crippen LogP contribution in [0.5, 0.6) is 0 Å². The maximum atomic E-state index is 12.6. The molecule has 2 unspecified atom stereocenters. The van der Waals surface area contributed by atoms with Gasteiger partial charge in [-0.25, -0.2) is 4.57 Å². The number of allylic oxidation sites excluding steroid dienone is 10. The molecular formula is C43H79NO7P+. The zero-order valence-corrected chi connectivity index (χ0v) is 34.9. The van der Waals surface area contributed by atoms with Crippen molar-refractivity contribution in [1.82, 2.24) is 0 Å². The molecule has 1 N–H and O–H groups in total. The Kier molecular flexibility index (Phi) is 34.9. The van der Waals surface area contributed by atoms with E-state index in [9.17, 15) is 14.3 Å². The molecule has 0 radical (unpaired) electrons. The van der Waals surface area contributed by atoms with Gasteiger partial charge in [0, 0.05) is 13.0 Å². The number of rotatable bonds is 37. The Morgan fingerprint density at radius 3 is 1.67 bits per heavy atom. The summed E-state index contributed by atoms with van der Waals surface area (Å²) < 4.78 is 34.9. The van der Waals surface area contributed by atoms with E-state index in [2.05, 4.69) is 74.6 Å². The molecule has 302 valence electrons. The van der Waals surface area contributed by atoms with Crippen molar-refractivity contribution in [2.45, 2.75) is 155 Å². The van der Waals surface area contributed by atoms with Gasteiger partial charge in [0.2, 0.25) is 0 Å². The Hall–Kier alpha value is -1.80. The molecular weight excluding hydrogens is 673 g/mol. The van der Waals surface area contributed by atoms with Crippen LogP contribution in [0.3, 0.4) is 0 Å². The number of esters is 1. The van der Waals surface area contributed by atoms with E-state index >= 15 is 0 Å². The fourth-order valence-corrected chi connectivity index (χ4v) is 5.87. The zero-order chi connectivity index (χ0) is 38.4. The molecule has 0 aliphatic rings. The number of likely N-dealkylation sites (N-methyl/N-ethyl adjacent to an activating group) is 1. The van der Waals surface area contributed by atoms with E-state index in [-0.39, 0.29) is 32.2 Å². The van der Waals surface area contributed by atoms with Gasteiger partial charge in [-0.05, 0) is 77.0 Å². The molecule has 0 aliphatic carbocycles. The Morgan fingerprint density at radius 2 is 1.12 bits per heavy atom. The first-order valence-corrected chi connectivity index (χ1v) is 22.0. The molecule has 0 saturated heterocycles. The van der Waals surface area contributed by atoms with Gasteiger partial charge in [-0.3, -0.25) is 13.8 Å². The lowest BCUT2D eigenvalue weighted by atomic mass is 10.1. The SMILES string of the molecule is CC/C=C\C/C=C\C/C=C\CCCCCC(=O)OC(COCCCCCCCC/C=C\C/C=C\CCCCCC)COP(=O)(O)OCC[N+](C)(C)C. The van der Waals surface area contributed by atoms with Crippen LogP contribution < -0.4 is 0 Å². The number of hydrogen-bond donors (Lipinski definition) is 1. The lowest BCUT2D eigenvalue weighted by Crippen LogP contribution is -2.37. The fourth-order valence-electron chi connectivity index (χ4n) is 5.12. The average Bonchev–Trinajstić information content (AvgIpc) is 3.09. The van der Waals surface area contributed by atoms with Crippen LogP contribution in [0.25, 0.3) is 0 Å². The lowest BCUT2D eigenvalue weighted by Gasteiger charge is -2.24. The third kappa shape index (κ3) is 39.4. The summed E-state index contributed by atoms with van der Waals surface area (Å²) in [4.78, 5) is 22.8. The van der Waals surface area contributed by atoms with Crippen LogP contribution >= 0.6 is 7.82 Å². The van der Waals surface area contributed by atoms with Gasteiger partial charge in [-0.1, -0.05) is 126 Å². The Morgan fingerprint density at radius 1 is 0.615 bits per heavy atom. The van der Waals surface area contributed by atoms with Gasteiger partial charge in [-0.15, -0.1) is 0 Å². The molecule has 0 aromatic rings. The summed E-state index contributed by atoms with van der Waals surface area (Å²) in [6.07, 6.45) is 44.0. The van der Waals surface area contributed by atoms with Crippen LogP contribution in [0.2, 0.25) is 0 Å². The molecule has 2 atom stereocenters. The zero-order valence-electron chi connectivity index (χ0n) is 34.0. The van der Waals surface area contributed by atoms with Crippen molar-refractivity contribution in [3.05, 3.63) is 60.8 Å².